The lowest BCUT2D eigenvalue weighted by Gasteiger charge is -2.03. The summed E-state index contributed by atoms with van der Waals surface area (Å²) in [5.41, 5.74) is 3.81. The van der Waals surface area contributed by atoms with Crippen LogP contribution in [0.3, 0.4) is 0 Å². The van der Waals surface area contributed by atoms with Crippen LogP contribution in [-0.4, -0.2) is 13.8 Å². The van der Waals surface area contributed by atoms with Gasteiger partial charge in [0, 0.05) is 0 Å². The van der Waals surface area contributed by atoms with E-state index in [0.717, 1.165) is 16.8 Å². The van der Waals surface area contributed by atoms with Gasteiger partial charge in [0.15, 0.2) is 0 Å². The first kappa shape index (κ1) is 9.82. The highest BCUT2D eigenvalue weighted by Crippen LogP contribution is 2.23. The zero-order valence-corrected chi connectivity index (χ0v) is 10.2. The van der Waals surface area contributed by atoms with Gasteiger partial charge in [0.25, 0.3) is 9.04 Å². The highest BCUT2D eigenvalue weighted by molar-refractivity contribution is 6.83. The van der Waals surface area contributed by atoms with E-state index in [1.807, 2.05) is 12.1 Å². The minimum absolute atomic E-state index is 1.04. The molecule has 0 aromatic heterocycles. The molecule has 79 valence electrons. The van der Waals surface area contributed by atoms with Gasteiger partial charge in [-0.3, -0.25) is 0 Å². The van der Waals surface area contributed by atoms with Gasteiger partial charge >= 0.3 is 0 Å². The molecule has 2 heteroatoms. The third kappa shape index (κ3) is 1.27. The molecule has 1 radical (unpaired) electrons. The summed E-state index contributed by atoms with van der Waals surface area (Å²) < 4.78 is 0. The van der Waals surface area contributed by atoms with Crippen LogP contribution in [0.15, 0.2) is 42.5 Å². The Bertz CT molecular complexity index is 548. The smallest absolute Gasteiger partial charge is 0.281 e. The van der Waals surface area contributed by atoms with Crippen molar-refractivity contribution in [3.05, 3.63) is 48.0 Å². The summed E-state index contributed by atoms with van der Waals surface area (Å²) in [6.45, 7) is 2.16. The molecule has 0 amide bonds. The van der Waals surface area contributed by atoms with Crippen molar-refractivity contribution in [1.82, 2.24) is 0 Å². The maximum absolute atomic E-state index is 10.3. The van der Waals surface area contributed by atoms with Crippen LogP contribution in [0.2, 0.25) is 0 Å². The average Bonchev–Trinajstić information content (AvgIpc) is 2.64. The van der Waals surface area contributed by atoms with Crippen molar-refractivity contribution in [2.45, 2.75) is 13.3 Å². The maximum atomic E-state index is 10.3. The zero-order valence-electron chi connectivity index (χ0n) is 9.20. The normalized spacial score (nSPS) is 13.6. The average molecular weight is 225 g/mol. The van der Waals surface area contributed by atoms with Gasteiger partial charge in [0.05, 0.1) is 0 Å². The highest BCUT2D eigenvalue weighted by atomic mass is 28.3. The Balaban J connectivity index is 2.27. The molecule has 1 aliphatic heterocycles. The number of benzene rings is 2. The molecule has 0 aliphatic carbocycles. The standard InChI is InChI=1S/C14H13OSi/c1-2-10-7-8-14-12(9-10)11-5-3-4-6-13(11)16(14)15/h3-9,15H,2H2,1H3. The summed E-state index contributed by atoms with van der Waals surface area (Å²) >= 11 is 0. The lowest BCUT2D eigenvalue weighted by atomic mass is 10.0. The predicted molar refractivity (Wildman–Crippen MR) is 68.5 cm³/mol. The fraction of sp³-hybridized carbons (Fsp3) is 0.143. The summed E-state index contributed by atoms with van der Waals surface area (Å²) in [7, 11) is -1.50. The maximum Gasteiger partial charge on any atom is 0.281 e. The predicted octanol–water partition coefficient (Wildman–Crippen LogP) is 1.33. The molecular formula is C14H13OSi. The van der Waals surface area contributed by atoms with Crippen LogP contribution >= 0.6 is 0 Å². The van der Waals surface area contributed by atoms with Crippen molar-refractivity contribution < 1.29 is 4.80 Å². The molecule has 0 fully saturated rings. The number of aryl methyl sites for hydroxylation is 1. The van der Waals surface area contributed by atoms with Crippen molar-refractivity contribution >= 4 is 19.4 Å². The summed E-state index contributed by atoms with van der Waals surface area (Å²) in [6.07, 6.45) is 1.04. The number of fused-ring (bicyclic) bond motifs is 3. The second-order valence-electron chi connectivity index (χ2n) is 4.13. The van der Waals surface area contributed by atoms with Crippen LogP contribution < -0.4 is 10.4 Å². The van der Waals surface area contributed by atoms with E-state index in [0.29, 0.717) is 0 Å². The molecule has 0 saturated heterocycles. The molecule has 0 atom stereocenters. The largest absolute Gasteiger partial charge is 0.424 e. The van der Waals surface area contributed by atoms with Crippen LogP contribution in [0.4, 0.5) is 0 Å². The molecular weight excluding hydrogens is 212 g/mol. The molecule has 0 bridgehead atoms. The van der Waals surface area contributed by atoms with Gasteiger partial charge < -0.3 is 4.80 Å². The van der Waals surface area contributed by atoms with Crippen LogP contribution in [0, 0.1) is 0 Å². The Labute approximate surface area is 97.1 Å². The third-order valence-electron chi connectivity index (χ3n) is 3.22. The molecule has 3 rings (SSSR count). The molecule has 2 aromatic carbocycles. The van der Waals surface area contributed by atoms with E-state index in [-0.39, 0.29) is 0 Å². The number of hydrogen-bond acceptors (Lipinski definition) is 1. The van der Waals surface area contributed by atoms with Gasteiger partial charge in [0.2, 0.25) is 0 Å². The van der Waals surface area contributed by atoms with Crippen molar-refractivity contribution in [3.63, 3.8) is 0 Å². The van der Waals surface area contributed by atoms with E-state index in [2.05, 4.69) is 37.3 Å². The lowest BCUT2D eigenvalue weighted by molar-refractivity contribution is 0.601. The Morgan fingerprint density at radius 3 is 2.56 bits per heavy atom. The molecule has 1 N–H and O–H groups in total. The van der Waals surface area contributed by atoms with Crippen LogP contribution in [0.1, 0.15) is 12.5 Å². The van der Waals surface area contributed by atoms with Gasteiger partial charge in [-0.1, -0.05) is 49.4 Å². The monoisotopic (exact) mass is 225 g/mol. The van der Waals surface area contributed by atoms with E-state index < -0.39 is 9.04 Å². The van der Waals surface area contributed by atoms with Gasteiger partial charge in [-0.05, 0) is 33.5 Å². The molecule has 2 aromatic rings. The summed E-state index contributed by atoms with van der Waals surface area (Å²) in [4.78, 5) is 10.3. The Morgan fingerprint density at radius 1 is 1.00 bits per heavy atom. The topological polar surface area (TPSA) is 20.2 Å². The van der Waals surface area contributed by atoms with Crippen LogP contribution in [0.5, 0.6) is 0 Å². The van der Waals surface area contributed by atoms with Crippen molar-refractivity contribution in [2.75, 3.05) is 0 Å². The molecule has 1 nitrogen and oxygen atoms in total. The van der Waals surface area contributed by atoms with Gasteiger partial charge in [-0.15, -0.1) is 0 Å². The molecule has 0 saturated carbocycles. The number of hydrogen-bond donors (Lipinski definition) is 1. The molecule has 1 heterocycles. The summed E-state index contributed by atoms with van der Waals surface area (Å²) in [5.74, 6) is 0. The third-order valence-corrected chi connectivity index (χ3v) is 5.11. The Hall–Kier alpha value is -1.38. The first-order chi connectivity index (χ1) is 7.81. The Kier molecular flexibility index (Phi) is 2.19. The SMILES string of the molecule is CCc1ccc2c(c1)-c1ccccc1[Si]2O. The second kappa shape index (κ2) is 3.58. The fourth-order valence-corrected chi connectivity index (χ4v) is 4.03. The van der Waals surface area contributed by atoms with Crippen LogP contribution in [-0.2, 0) is 6.42 Å². The van der Waals surface area contributed by atoms with E-state index in [1.165, 1.54) is 16.7 Å². The molecule has 0 unspecified atom stereocenters. The minimum Gasteiger partial charge on any atom is -0.424 e. The van der Waals surface area contributed by atoms with Gasteiger partial charge in [-0.25, -0.2) is 0 Å². The first-order valence-electron chi connectivity index (χ1n) is 5.60. The minimum atomic E-state index is -1.50. The second-order valence-corrected chi connectivity index (χ2v) is 5.90. The molecule has 16 heavy (non-hydrogen) atoms. The van der Waals surface area contributed by atoms with Crippen molar-refractivity contribution in [1.29, 1.82) is 0 Å². The lowest BCUT2D eigenvalue weighted by Crippen LogP contribution is -2.37. The summed E-state index contributed by atoms with van der Waals surface area (Å²) in [6, 6.07) is 14.7. The van der Waals surface area contributed by atoms with E-state index in [1.54, 1.807) is 0 Å². The molecule has 0 spiro atoms. The van der Waals surface area contributed by atoms with Crippen LogP contribution in [0.25, 0.3) is 11.1 Å². The number of rotatable bonds is 1. The first-order valence-corrected chi connectivity index (χ1v) is 7.05. The van der Waals surface area contributed by atoms with E-state index in [4.69, 9.17) is 0 Å². The van der Waals surface area contributed by atoms with Gasteiger partial charge in [-0.2, -0.15) is 0 Å². The van der Waals surface area contributed by atoms with E-state index in [9.17, 15) is 4.80 Å². The van der Waals surface area contributed by atoms with E-state index >= 15 is 0 Å². The molecule has 1 aliphatic rings. The van der Waals surface area contributed by atoms with Gasteiger partial charge in [0.1, 0.15) is 0 Å². The highest BCUT2D eigenvalue weighted by Gasteiger charge is 2.29. The zero-order chi connectivity index (χ0) is 11.1. The Morgan fingerprint density at radius 2 is 1.75 bits per heavy atom. The van der Waals surface area contributed by atoms with Crippen molar-refractivity contribution in [2.24, 2.45) is 0 Å². The van der Waals surface area contributed by atoms with Crippen molar-refractivity contribution in [3.8, 4) is 11.1 Å². The fourth-order valence-electron chi connectivity index (χ4n) is 2.31. The quantitative estimate of drug-likeness (QED) is 0.726. The summed E-state index contributed by atoms with van der Waals surface area (Å²) in [5, 5.41) is 2.28.